The van der Waals surface area contributed by atoms with Crippen LogP contribution in [0.25, 0.3) is 0 Å². The fourth-order valence-electron chi connectivity index (χ4n) is 1.46. The largest absolute Gasteiger partial charge is 0.396 e. The fraction of sp³-hybridized carbons (Fsp3) is 0.500. The molecule has 92 valence electrons. The number of nitrogens with two attached hydrogens (primary N) is 1. The second-order valence-electron chi connectivity index (χ2n) is 3.47. The van der Waals surface area contributed by atoms with Crippen molar-refractivity contribution in [2.75, 3.05) is 12.4 Å². The summed E-state index contributed by atoms with van der Waals surface area (Å²) in [6.45, 7) is 2.36. The highest BCUT2D eigenvalue weighted by Gasteiger charge is 2.04. The molecular weight excluding hydrogens is 242 g/mol. The van der Waals surface area contributed by atoms with E-state index in [0.29, 0.717) is 0 Å². The van der Waals surface area contributed by atoms with Gasteiger partial charge in [-0.1, -0.05) is 19.1 Å². The predicted molar refractivity (Wildman–Crippen MR) is 73.3 cm³/mol. The molecule has 0 aliphatic heterocycles. The number of hydrogen-bond donors (Lipinski definition) is 2. The summed E-state index contributed by atoms with van der Waals surface area (Å²) < 4.78 is 0. The van der Waals surface area contributed by atoms with Crippen LogP contribution in [0, 0.1) is 0 Å². The molecule has 1 aromatic carbocycles. The third-order valence-corrected chi connectivity index (χ3v) is 3.19. The van der Waals surface area contributed by atoms with E-state index in [4.69, 9.17) is 10.8 Å². The lowest BCUT2D eigenvalue weighted by Gasteiger charge is -2.11. The zero-order valence-electron chi connectivity index (χ0n) is 9.56. The predicted octanol–water partition coefficient (Wildman–Crippen LogP) is 2.99. The summed E-state index contributed by atoms with van der Waals surface area (Å²) in [5.74, 6) is 1.09. The van der Waals surface area contributed by atoms with Crippen LogP contribution in [0.15, 0.2) is 29.2 Å². The first kappa shape index (κ1) is 15.8. The number of hydrogen-bond acceptors (Lipinski definition) is 3. The van der Waals surface area contributed by atoms with E-state index in [9.17, 15) is 0 Å². The quantitative estimate of drug-likeness (QED) is 0.774. The zero-order chi connectivity index (χ0) is 11.1. The molecule has 0 saturated carbocycles. The van der Waals surface area contributed by atoms with Crippen LogP contribution in [0.4, 0.5) is 0 Å². The van der Waals surface area contributed by atoms with E-state index in [1.165, 1.54) is 4.90 Å². The van der Waals surface area contributed by atoms with E-state index in [0.717, 1.165) is 24.2 Å². The van der Waals surface area contributed by atoms with Gasteiger partial charge in [0.25, 0.3) is 0 Å². The molecule has 0 amide bonds. The van der Waals surface area contributed by atoms with Gasteiger partial charge in [-0.2, -0.15) is 0 Å². The smallest absolute Gasteiger partial charge is 0.0431 e. The van der Waals surface area contributed by atoms with Gasteiger partial charge in [0.15, 0.2) is 0 Å². The SMILES string of the molecule is CCSc1ccc([C@H](N)CCCO)cc1.Cl. The average Bonchev–Trinajstić information content (AvgIpc) is 2.27. The molecular formula is C12H20ClNOS. The molecule has 1 rings (SSSR count). The van der Waals surface area contributed by atoms with Crippen molar-refractivity contribution in [1.82, 2.24) is 0 Å². The third-order valence-electron chi connectivity index (χ3n) is 2.29. The maximum absolute atomic E-state index is 8.72. The van der Waals surface area contributed by atoms with E-state index in [2.05, 4.69) is 31.2 Å². The second-order valence-corrected chi connectivity index (χ2v) is 4.81. The topological polar surface area (TPSA) is 46.2 Å². The van der Waals surface area contributed by atoms with Crippen molar-refractivity contribution >= 4 is 24.2 Å². The van der Waals surface area contributed by atoms with Crippen LogP contribution < -0.4 is 5.73 Å². The lowest BCUT2D eigenvalue weighted by Crippen LogP contribution is -2.10. The standard InChI is InChI=1S/C12H19NOS.ClH/c1-2-15-11-7-5-10(6-8-11)12(13)4-3-9-14;/h5-8,12,14H,2-4,9,13H2,1H3;1H/t12-;/m1./s1. The van der Waals surface area contributed by atoms with Gasteiger partial charge in [0, 0.05) is 17.5 Å². The normalized spacial score (nSPS) is 11.9. The van der Waals surface area contributed by atoms with Crippen LogP contribution in [-0.4, -0.2) is 17.5 Å². The Morgan fingerprint density at radius 1 is 1.31 bits per heavy atom. The van der Waals surface area contributed by atoms with Crippen molar-refractivity contribution in [3.8, 4) is 0 Å². The number of thioether (sulfide) groups is 1. The summed E-state index contributed by atoms with van der Waals surface area (Å²) in [5, 5.41) is 8.72. The number of aliphatic hydroxyl groups is 1. The van der Waals surface area contributed by atoms with Crippen molar-refractivity contribution in [3.05, 3.63) is 29.8 Å². The molecule has 0 aromatic heterocycles. The molecule has 0 spiro atoms. The molecule has 0 radical (unpaired) electrons. The van der Waals surface area contributed by atoms with Crippen molar-refractivity contribution in [2.24, 2.45) is 5.73 Å². The lowest BCUT2D eigenvalue weighted by molar-refractivity contribution is 0.280. The van der Waals surface area contributed by atoms with Gasteiger partial charge in [0.1, 0.15) is 0 Å². The van der Waals surface area contributed by atoms with Gasteiger partial charge in [0.2, 0.25) is 0 Å². The van der Waals surface area contributed by atoms with Crippen LogP contribution >= 0.6 is 24.2 Å². The minimum absolute atomic E-state index is 0. The Kier molecular flexibility index (Phi) is 8.76. The minimum atomic E-state index is 0. The Morgan fingerprint density at radius 2 is 1.94 bits per heavy atom. The molecule has 1 atom stereocenters. The molecule has 0 unspecified atom stereocenters. The fourth-order valence-corrected chi connectivity index (χ4v) is 2.12. The third kappa shape index (κ3) is 5.21. The maximum Gasteiger partial charge on any atom is 0.0431 e. The van der Waals surface area contributed by atoms with E-state index < -0.39 is 0 Å². The Balaban J connectivity index is 0.00000225. The average molecular weight is 262 g/mol. The van der Waals surface area contributed by atoms with Gasteiger partial charge in [-0.15, -0.1) is 24.2 Å². The number of halogens is 1. The maximum atomic E-state index is 8.72. The number of benzene rings is 1. The van der Waals surface area contributed by atoms with Crippen LogP contribution in [0.3, 0.4) is 0 Å². The molecule has 0 aliphatic carbocycles. The minimum Gasteiger partial charge on any atom is -0.396 e. The molecule has 0 bridgehead atoms. The molecule has 0 aliphatic rings. The molecule has 4 heteroatoms. The highest BCUT2D eigenvalue weighted by molar-refractivity contribution is 7.99. The van der Waals surface area contributed by atoms with Gasteiger partial charge in [-0.25, -0.2) is 0 Å². The zero-order valence-corrected chi connectivity index (χ0v) is 11.2. The summed E-state index contributed by atoms with van der Waals surface area (Å²) in [4.78, 5) is 1.29. The van der Waals surface area contributed by atoms with E-state index >= 15 is 0 Å². The first-order chi connectivity index (χ1) is 7.27. The lowest BCUT2D eigenvalue weighted by atomic mass is 10.0. The highest BCUT2D eigenvalue weighted by atomic mass is 35.5. The summed E-state index contributed by atoms with van der Waals surface area (Å²) in [6.07, 6.45) is 1.61. The van der Waals surface area contributed by atoms with Gasteiger partial charge in [-0.05, 0) is 36.3 Å². The van der Waals surface area contributed by atoms with Crippen LogP contribution in [0.1, 0.15) is 31.4 Å². The Labute approximate surface area is 108 Å². The van der Waals surface area contributed by atoms with Crippen LogP contribution in [0.5, 0.6) is 0 Å². The summed E-state index contributed by atoms with van der Waals surface area (Å²) in [5.41, 5.74) is 7.14. The molecule has 0 fully saturated rings. The van der Waals surface area contributed by atoms with Crippen molar-refractivity contribution in [2.45, 2.75) is 30.7 Å². The first-order valence-electron chi connectivity index (χ1n) is 5.37. The summed E-state index contributed by atoms with van der Waals surface area (Å²) in [6, 6.07) is 8.45. The van der Waals surface area contributed by atoms with Gasteiger partial charge < -0.3 is 10.8 Å². The molecule has 1 aromatic rings. The van der Waals surface area contributed by atoms with Crippen molar-refractivity contribution < 1.29 is 5.11 Å². The highest BCUT2D eigenvalue weighted by Crippen LogP contribution is 2.21. The summed E-state index contributed by atoms with van der Waals surface area (Å²) >= 11 is 1.83. The molecule has 3 N–H and O–H groups in total. The number of aliphatic hydroxyl groups excluding tert-OH is 1. The Hall–Kier alpha value is -0.220. The van der Waals surface area contributed by atoms with Gasteiger partial charge in [-0.3, -0.25) is 0 Å². The Morgan fingerprint density at radius 3 is 2.44 bits per heavy atom. The van der Waals surface area contributed by atoms with E-state index in [1.54, 1.807) is 0 Å². The second kappa shape index (κ2) is 8.88. The Bertz CT molecular complexity index is 279. The summed E-state index contributed by atoms with van der Waals surface area (Å²) in [7, 11) is 0. The van der Waals surface area contributed by atoms with Crippen LogP contribution in [0.2, 0.25) is 0 Å². The van der Waals surface area contributed by atoms with E-state index in [-0.39, 0.29) is 25.1 Å². The monoisotopic (exact) mass is 261 g/mol. The van der Waals surface area contributed by atoms with Crippen molar-refractivity contribution in [1.29, 1.82) is 0 Å². The van der Waals surface area contributed by atoms with Gasteiger partial charge >= 0.3 is 0 Å². The van der Waals surface area contributed by atoms with Gasteiger partial charge in [0.05, 0.1) is 0 Å². The number of rotatable bonds is 6. The molecule has 0 saturated heterocycles. The van der Waals surface area contributed by atoms with Crippen molar-refractivity contribution in [3.63, 3.8) is 0 Å². The first-order valence-corrected chi connectivity index (χ1v) is 6.35. The van der Waals surface area contributed by atoms with Crippen LogP contribution in [-0.2, 0) is 0 Å². The molecule has 16 heavy (non-hydrogen) atoms. The van der Waals surface area contributed by atoms with E-state index in [1.807, 2.05) is 11.8 Å². The molecule has 2 nitrogen and oxygen atoms in total. The molecule has 0 heterocycles.